The van der Waals surface area contributed by atoms with Gasteiger partial charge in [-0.3, -0.25) is 4.79 Å². The molecular weight excluding hydrogens is 208 g/mol. The van der Waals surface area contributed by atoms with Crippen molar-refractivity contribution in [3.05, 3.63) is 35.9 Å². The predicted octanol–water partition coefficient (Wildman–Crippen LogP) is 4.11. The molecule has 0 heterocycles. The Balaban J connectivity index is 2.30. The Morgan fingerprint density at radius 1 is 1.18 bits per heavy atom. The van der Waals surface area contributed by atoms with Gasteiger partial charge in [0.1, 0.15) is 5.78 Å². The van der Waals surface area contributed by atoms with Crippen molar-refractivity contribution in [2.45, 2.75) is 51.4 Å². The van der Waals surface area contributed by atoms with Gasteiger partial charge >= 0.3 is 0 Å². The van der Waals surface area contributed by atoms with Crippen molar-refractivity contribution in [3.63, 3.8) is 0 Å². The molecule has 0 radical (unpaired) electrons. The number of rotatable bonds is 4. The number of benzene rings is 1. The Hall–Kier alpha value is -1.11. The summed E-state index contributed by atoms with van der Waals surface area (Å²) >= 11 is 0. The first-order valence-electron chi connectivity index (χ1n) is 6.74. The predicted molar refractivity (Wildman–Crippen MR) is 71.1 cm³/mol. The SMILES string of the molecule is CC(C)CC(=O)C1(c2ccccc2)CCCC1. The van der Waals surface area contributed by atoms with Gasteiger partial charge in [-0.15, -0.1) is 0 Å². The Bertz CT molecular complexity index is 372. The summed E-state index contributed by atoms with van der Waals surface area (Å²) in [6, 6.07) is 10.4. The monoisotopic (exact) mass is 230 g/mol. The number of hydrogen-bond donors (Lipinski definition) is 0. The molecule has 1 heteroatoms. The zero-order valence-electron chi connectivity index (χ0n) is 10.9. The zero-order valence-corrected chi connectivity index (χ0v) is 10.9. The van der Waals surface area contributed by atoms with E-state index in [0.717, 1.165) is 19.3 Å². The van der Waals surface area contributed by atoms with Crippen molar-refractivity contribution in [1.29, 1.82) is 0 Å². The van der Waals surface area contributed by atoms with E-state index >= 15 is 0 Å². The molecule has 1 fully saturated rings. The lowest BCUT2D eigenvalue weighted by Gasteiger charge is -2.29. The minimum Gasteiger partial charge on any atom is -0.299 e. The average molecular weight is 230 g/mol. The van der Waals surface area contributed by atoms with Crippen molar-refractivity contribution in [2.75, 3.05) is 0 Å². The lowest BCUT2D eigenvalue weighted by atomic mass is 9.73. The minimum atomic E-state index is -0.161. The molecule has 1 nitrogen and oxygen atoms in total. The molecule has 0 atom stereocenters. The van der Waals surface area contributed by atoms with Crippen LogP contribution in [0, 0.1) is 5.92 Å². The average Bonchev–Trinajstić information content (AvgIpc) is 2.79. The van der Waals surface area contributed by atoms with E-state index in [1.807, 2.05) is 6.07 Å². The van der Waals surface area contributed by atoms with Crippen LogP contribution in [-0.2, 0) is 10.2 Å². The van der Waals surface area contributed by atoms with Crippen molar-refractivity contribution >= 4 is 5.78 Å². The van der Waals surface area contributed by atoms with Gasteiger partial charge in [-0.2, -0.15) is 0 Å². The molecule has 1 aliphatic carbocycles. The van der Waals surface area contributed by atoms with Gasteiger partial charge in [0.25, 0.3) is 0 Å². The van der Waals surface area contributed by atoms with Gasteiger partial charge in [0, 0.05) is 6.42 Å². The number of carbonyl (C=O) groups is 1. The lowest BCUT2D eigenvalue weighted by Crippen LogP contribution is -2.33. The Morgan fingerprint density at radius 3 is 2.29 bits per heavy atom. The third kappa shape index (κ3) is 2.43. The first-order chi connectivity index (χ1) is 8.15. The topological polar surface area (TPSA) is 17.1 Å². The molecule has 0 aromatic heterocycles. The molecule has 0 aliphatic heterocycles. The van der Waals surface area contributed by atoms with Crippen LogP contribution in [0.1, 0.15) is 51.5 Å². The molecule has 92 valence electrons. The summed E-state index contributed by atoms with van der Waals surface area (Å²) in [4.78, 5) is 12.6. The molecule has 0 unspecified atom stereocenters. The van der Waals surface area contributed by atoms with Crippen LogP contribution < -0.4 is 0 Å². The van der Waals surface area contributed by atoms with E-state index in [1.54, 1.807) is 0 Å². The van der Waals surface area contributed by atoms with E-state index < -0.39 is 0 Å². The normalized spacial score (nSPS) is 18.5. The molecule has 1 saturated carbocycles. The fraction of sp³-hybridized carbons (Fsp3) is 0.562. The first kappa shape index (κ1) is 12.3. The molecule has 1 aliphatic rings. The third-order valence-corrected chi connectivity index (χ3v) is 3.91. The number of Topliss-reactive ketones (excluding diaryl/α,β-unsaturated/α-hetero) is 1. The van der Waals surface area contributed by atoms with Gasteiger partial charge in [-0.05, 0) is 24.3 Å². The van der Waals surface area contributed by atoms with Crippen LogP contribution in [0.5, 0.6) is 0 Å². The van der Waals surface area contributed by atoms with E-state index in [0.29, 0.717) is 11.7 Å². The van der Waals surface area contributed by atoms with Gasteiger partial charge in [0.05, 0.1) is 5.41 Å². The van der Waals surface area contributed by atoms with Crippen LogP contribution in [-0.4, -0.2) is 5.78 Å². The van der Waals surface area contributed by atoms with Crippen molar-refractivity contribution < 1.29 is 4.79 Å². The summed E-state index contributed by atoms with van der Waals surface area (Å²) in [5.41, 5.74) is 1.08. The van der Waals surface area contributed by atoms with Crippen LogP contribution in [0.4, 0.5) is 0 Å². The van der Waals surface area contributed by atoms with Crippen molar-refractivity contribution in [2.24, 2.45) is 5.92 Å². The van der Waals surface area contributed by atoms with Crippen LogP contribution >= 0.6 is 0 Å². The number of hydrogen-bond acceptors (Lipinski definition) is 1. The first-order valence-corrected chi connectivity index (χ1v) is 6.74. The lowest BCUT2D eigenvalue weighted by molar-refractivity contribution is -0.125. The van der Waals surface area contributed by atoms with E-state index in [1.165, 1.54) is 18.4 Å². The minimum absolute atomic E-state index is 0.161. The summed E-state index contributed by atoms with van der Waals surface area (Å²) in [5.74, 6) is 0.917. The molecule has 1 aromatic rings. The summed E-state index contributed by atoms with van der Waals surface area (Å²) in [6.45, 7) is 4.26. The van der Waals surface area contributed by atoms with Gasteiger partial charge in [0.2, 0.25) is 0 Å². The highest BCUT2D eigenvalue weighted by Gasteiger charge is 2.41. The molecule has 2 rings (SSSR count). The van der Waals surface area contributed by atoms with Crippen molar-refractivity contribution in [1.82, 2.24) is 0 Å². The molecule has 0 amide bonds. The molecule has 1 aromatic carbocycles. The summed E-state index contributed by atoms with van der Waals surface area (Å²) in [7, 11) is 0. The quantitative estimate of drug-likeness (QED) is 0.760. The van der Waals surface area contributed by atoms with Crippen LogP contribution in [0.15, 0.2) is 30.3 Å². The second kappa shape index (κ2) is 5.03. The second-order valence-corrected chi connectivity index (χ2v) is 5.68. The van der Waals surface area contributed by atoms with E-state index in [2.05, 4.69) is 38.1 Å². The third-order valence-electron chi connectivity index (χ3n) is 3.91. The van der Waals surface area contributed by atoms with Gasteiger partial charge in [-0.1, -0.05) is 57.0 Å². The van der Waals surface area contributed by atoms with E-state index in [9.17, 15) is 4.79 Å². The maximum Gasteiger partial charge on any atom is 0.143 e. The van der Waals surface area contributed by atoms with Gasteiger partial charge in [-0.25, -0.2) is 0 Å². The van der Waals surface area contributed by atoms with Gasteiger partial charge in [0.15, 0.2) is 0 Å². The number of ketones is 1. The summed E-state index contributed by atoms with van der Waals surface area (Å²) in [6.07, 6.45) is 5.19. The molecular formula is C16H22O. The summed E-state index contributed by atoms with van der Waals surface area (Å²) < 4.78 is 0. The zero-order chi connectivity index (χ0) is 12.3. The molecule has 17 heavy (non-hydrogen) atoms. The molecule has 0 spiro atoms. The van der Waals surface area contributed by atoms with Gasteiger partial charge < -0.3 is 0 Å². The fourth-order valence-electron chi connectivity index (χ4n) is 3.03. The molecule has 0 N–H and O–H groups in total. The number of carbonyl (C=O) groups excluding carboxylic acids is 1. The smallest absolute Gasteiger partial charge is 0.143 e. The van der Waals surface area contributed by atoms with Crippen LogP contribution in [0.2, 0.25) is 0 Å². The largest absolute Gasteiger partial charge is 0.299 e. The fourth-order valence-corrected chi connectivity index (χ4v) is 3.03. The summed E-state index contributed by atoms with van der Waals surface area (Å²) in [5, 5.41) is 0. The Morgan fingerprint density at radius 2 is 1.76 bits per heavy atom. The van der Waals surface area contributed by atoms with Crippen LogP contribution in [0.25, 0.3) is 0 Å². The van der Waals surface area contributed by atoms with E-state index in [4.69, 9.17) is 0 Å². The highest BCUT2D eigenvalue weighted by Crippen LogP contribution is 2.43. The Labute approximate surface area is 104 Å². The highest BCUT2D eigenvalue weighted by atomic mass is 16.1. The second-order valence-electron chi connectivity index (χ2n) is 5.68. The highest BCUT2D eigenvalue weighted by molar-refractivity contribution is 5.90. The molecule has 0 bridgehead atoms. The van der Waals surface area contributed by atoms with Crippen molar-refractivity contribution in [3.8, 4) is 0 Å². The Kier molecular flexibility index (Phi) is 3.66. The standard InChI is InChI=1S/C16H22O/c1-13(2)12-15(17)16(10-6-7-11-16)14-8-4-3-5-9-14/h3-5,8-9,13H,6-7,10-12H2,1-2H3. The maximum atomic E-state index is 12.6. The maximum absolute atomic E-state index is 12.6. The van der Waals surface area contributed by atoms with Crippen LogP contribution in [0.3, 0.4) is 0 Å². The molecule has 0 saturated heterocycles. The van der Waals surface area contributed by atoms with E-state index in [-0.39, 0.29) is 5.41 Å².